The van der Waals surface area contributed by atoms with Crippen molar-refractivity contribution in [1.82, 2.24) is 4.72 Å². The van der Waals surface area contributed by atoms with E-state index in [1.54, 1.807) is 42.5 Å². The van der Waals surface area contributed by atoms with Gasteiger partial charge in [-0.15, -0.1) is 0 Å². The van der Waals surface area contributed by atoms with E-state index in [0.717, 1.165) is 5.56 Å². The summed E-state index contributed by atoms with van der Waals surface area (Å²) < 4.78 is 32.3. The highest BCUT2D eigenvalue weighted by atomic mass is 79.9. The molecule has 0 spiro atoms. The van der Waals surface area contributed by atoms with E-state index in [0.29, 0.717) is 10.9 Å². The highest BCUT2D eigenvalue weighted by molar-refractivity contribution is 9.09. The monoisotopic (exact) mass is 411 g/mol. The molecule has 2 aromatic rings. The Morgan fingerprint density at radius 3 is 2.33 bits per heavy atom. The van der Waals surface area contributed by atoms with Gasteiger partial charge in [0.15, 0.2) is 0 Å². The first-order valence-corrected chi connectivity index (χ1v) is 9.91. The predicted octanol–water partition coefficient (Wildman–Crippen LogP) is 2.89. The van der Waals surface area contributed by atoms with Crippen molar-refractivity contribution in [3.63, 3.8) is 0 Å². The van der Waals surface area contributed by atoms with Crippen molar-refractivity contribution in [2.45, 2.75) is 17.9 Å². The number of nitrogens with one attached hydrogen (secondary N) is 1. The molecule has 0 heterocycles. The van der Waals surface area contributed by atoms with Gasteiger partial charge in [-0.25, -0.2) is 17.9 Å². The summed E-state index contributed by atoms with van der Waals surface area (Å²) in [5, 5.41) is 0.321. The standard InChI is InChI=1S/C17H18BrNO4S/c1-13-7-9-16(10-8-13)24(21,22)19-12-15(11-18)23-17(20)14-5-3-2-4-6-14/h2-10,15,19H,11-12H2,1H3. The van der Waals surface area contributed by atoms with Crippen LogP contribution in [0.1, 0.15) is 15.9 Å². The van der Waals surface area contributed by atoms with Crippen LogP contribution >= 0.6 is 15.9 Å². The molecule has 0 fully saturated rings. The number of hydrogen-bond donors (Lipinski definition) is 1. The molecule has 0 aliphatic rings. The van der Waals surface area contributed by atoms with Crippen molar-refractivity contribution in [1.29, 1.82) is 0 Å². The van der Waals surface area contributed by atoms with E-state index < -0.39 is 22.1 Å². The Kier molecular flexibility index (Phi) is 6.53. The Hall–Kier alpha value is -1.70. The van der Waals surface area contributed by atoms with Crippen molar-refractivity contribution in [3.05, 3.63) is 65.7 Å². The molecule has 2 aromatic carbocycles. The fourth-order valence-electron chi connectivity index (χ4n) is 1.92. The fourth-order valence-corrected chi connectivity index (χ4v) is 3.35. The molecule has 7 heteroatoms. The minimum atomic E-state index is -3.64. The lowest BCUT2D eigenvalue weighted by Crippen LogP contribution is -2.35. The van der Waals surface area contributed by atoms with Crippen LogP contribution in [0.5, 0.6) is 0 Å². The van der Waals surface area contributed by atoms with E-state index >= 15 is 0 Å². The number of carbonyl (C=O) groups excluding carboxylic acids is 1. The van der Waals surface area contributed by atoms with Crippen LogP contribution in [0.3, 0.4) is 0 Å². The number of ether oxygens (including phenoxy) is 1. The average Bonchev–Trinajstić information content (AvgIpc) is 2.59. The van der Waals surface area contributed by atoms with Crippen molar-refractivity contribution < 1.29 is 17.9 Å². The first-order valence-electron chi connectivity index (χ1n) is 7.30. The Balaban J connectivity index is 1.98. The summed E-state index contributed by atoms with van der Waals surface area (Å²) in [6, 6.07) is 15.1. The van der Waals surface area contributed by atoms with Crippen LogP contribution < -0.4 is 4.72 Å². The molecule has 1 unspecified atom stereocenters. The quantitative estimate of drug-likeness (QED) is 0.561. The van der Waals surface area contributed by atoms with Crippen molar-refractivity contribution in [3.8, 4) is 0 Å². The van der Waals surface area contributed by atoms with Crippen LogP contribution in [0.15, 0.2) is 59.5 Å². The van der Waals surface area contributed by atoms with Crippen LogP contribution in [-0.2, 0) is 14.8 Å². The number of rotatable bonds is 7. The van der Waals surface area contributed by atoms with Gasteiger partial charge >= 0.3 is 5.97 Å². The van der Waals surface area contributed by atoms with E-state index in [-0.39, 0.29) is 11.4 Å². The summed E-state index contributed by atoms with van der Waals surface area (Å²) in [7, 11) is -3.64. The molecule has 5 nitrogen and oxygen atoms in total. The van der Waals surface area contributed by atoms with E-state index in [2.05, 4.69) is 20.7 Å². The number of hydrogen-bond acceptors (Lipinski definition) is 4. The van der Waals surface area contributed by atoms with Gasteiger partial charge in [-0.3, -0.25) is 0 Å². The summed E-state index contributed by atoms with van der Waals surface area (Å²) in [5.41, 5.74) is 1.40. The number of alkyl halides is 1. The zero-order valence-electron chi connectivity index (χ0n) is 13.1. The molecule has 24 heavy (non-hydrogen) atoms. The lowest BCUT2D eigenvalue weighted by molar-refractivity contribution is 0.0363. The van der Waals surface area contributed by atoms with Gasteiger partial charge in [-0.2, -0.15) is 0 Å². The van der Waals surface area contributed by atoms with Gasteiger partial charge in [-0.05, 0) is 31.2 Å². The molecule has 0 saturated carbocycles. The van der Waals surface area contributed by atoms with Gasteiger partial charge < -0.3 is 4.74 Å². The maximum atomic E-state index is 12.3. The van der Waals surface area contributed by atoms with Crippen LogP contribution in [0.4, 0.5) is 0 Å². The zero-order chi connectivity index (χ0) is 17.6. The predicted molar refractivity (Wildman–Crippen MR) is 95.8 cm³/mol. The van der Waals surface area contributed by atoms with Gasteiger partial charge in [0.05, 0.1) is 10.5 Å². The fraction of sp³-hybridized carbons (Fsp3) is 0.235. The summed E-state index contributed by atoms with van der Waals surface area (Å²) in [5.74, 6) is -0.491. The molecule has 0 amide bonds. The lowest BCUT2D eigenvalue weighted by Gasteiger charge is -2.16. The number of aryl methyl sites for hydroxylation is 1. The molecule has 0 aromatic heterocycles. The summed E-state index contributed by atoms with van der Waals surface area (Å²) in [6.45, 7) is 1.87. The Labute approximate surface area is 150 Å². The van der Waals surface area contributed by atoms with Gasteiger partial charge in [0, 0.05) is 11.9 Å². The molecular formula is C17H18BrNO4S. The zero-order valence-corrected chi connectivity index (χ0v) is 15.5. The smallest absolute Gasteiger partial charge is 0.338 e. The molecular weight excluding hydrogens is 394 g/mol. The maximum absolute atomic E-state index is 12.3. The average molecular weight is 412 g/mol. The molecule has 128 valence electrons. The summed E-state index contributed by atoms with van der Waals surface area (Å²) >= 11 is 3.24. The van der Waals surface area contributed by atoms with Crippen LogP contribution in [0, 0.1) is 6.92 Å². The van der Waals surface area contributed by atoms with Gasteiger partial charge in [-0.1, -0.05) is 51.8 Å². The molecule has 2 rings (SSSR count). The second kappa shape index (κ2) is 8.41. The third-order valence-corrected chi connectivity index (χ3v) is 5.45. The number of sulfonamides is 1. The Bertz CT molecular complexity index is 776. The number of benzene rings is 2. The lowest BCUT2D eigenvalue weighted by atomic mass is 10.2. The molecule has 0 aliphatic heterocycles. The molecule has 1 atom stereocenters. The molecule has 0 radical (unpaired) electrons. The highest BCUT2D eigenvalue weighted by Crippen LogP contribution is 2.11. The number of carbonyl (C=O) groups is 1. The highest BCUT2D eigenvalue weighted by Gasteiger charge is 2.19. The Morgan fingerprint density at radius 1 is 1.12 bits per heavy atom. The van der Waals surface area contributed by atoms with Crippen molar-refractivity contribution in [2.75, 3.05) is 11.9 Å². The molecule has 0 saturated heterocycles. The van der Waals surface area contributed by atoms with Gasteiger partial charge in [0.25, 0.3) is 0 Å². The van der Waals surface area contributed by atoms with E-state index in [4.69, 9.17) is 4.74 Å². The second-order valence-electron chi connectivity index (χ2n) is 5.21. The Morgan fingerprint density at radius 2 is 1.75 bits per heavy atom. The first-order chi connectivity index (χ1) is 11.4. The van der Waals surface area contributed by atoms with Gasteiger partial charge in [0.1, 0.15) is 6.10 Å². The van der Waals surface area contributed by atoms with E-state index in [1.807, 2.05) is 6.92 Å². The minimum absolute atomic E-state index is 0.0139. The molecule has 0 aliphatic carbocycles. The van der Waals surface area contributed by atoms with E-state index in [9.17, 15) is 13.2 Å². The van der Waals surface area contributed by atoms with Crippen LogP contribution in [0.2, 0.25) is 0 Å². The number of esters is 1. The molecule has 1 N–H and O–H groups in total. The third-order valence-electron chi connectivity index (χ3n) is 3.29. The van der Waals surface area contributed by atoms with Crippen molar-refractivity contribution in [2.24, 2.45) is 0 Å². The topological polar surface area (TPSA) is 72.5 Å². The van der Waals surface area contributed by atoms with Crippen molar-refractivity contribution >= 4 is 31.9 Å². The van der Waals surface area contributed by atoms with Crippen LogP contribution in [0.25, 0.3) is 0 Å². The van der Waals surface area contributed by atoms with Crippen LogP contribution in [-0.4, -0.2) is 32.4 Å². The number of halogens is 1. The first kappa shape index (κ1) is 18.6. The van der Waals surface area contributed by atoms with E-state index in [1.165, 1.54) is 12.1 Å². The minimum Gasteiger partial charge on any atom is -0.456 e. The normalized spacial score (nSPS) is 12.6. The van der Waals surface area contributed by atoms with Gasteiger partial charge in [0.2, 0.25) is 10.0 Å². The second-order valence-corrected chi connectivity index (χ2v) is 7.63. The molecule has 0 bridgehead atoms. The SMILES string of the molecule is Cc1ccc(S(=O)(=O)NCC(CBr)OC(=O)c2ccccc2)cc1. The maximum Gasteiger partial charge on any atom is 0.338 e. The summed E-state index contributed by atoms with van der Waals surface area (Å²) in [4.78, 5) is 12.2. The largest absolute Gasteiger partial charge is 0.456 e. The summed E-state index contributed by atoms with van der Waals surface area (Å²) in [6.07, 6.45) is -0.613. The third kappa shape index (κ3) is 5.15.